The molecule has 1 N–H and O–H groups in total. The Kier molecular flexibility index (Phi) is 3.43. The molecule has 1 atom stereocenters. The Morgan fingerprint density at radius 3 is 2.62 bits per heavy atom. The molecule has 1 aromatic heterocycles. The molecule has 0 spiro atoms. The number of nitrogens with one attached hydrogen (secondary N) is 1. The average Bonchev–Trinajstić information content (AvgIpc) is 3.41. The maximum absolute atomic E-state index is 5.97. The second-order valence-electron chi connectivity index (χ2n) is 6.07. The van der Waals surface area contributed by atoms with Crippen LogP contribution in [0.15, 0.2) is 28.8 Å². The van der Waals surface area contributed by atoms with Crippen molar-refractivity contribution >= 4 is 11.6 Å². The molecule has 1 heterocycles. The molecule has 0 aliphatic heterocycles. The smallest absolute Gasteiger partial charge is 0.229 e. The van der Waals surface area contributed by atoms with Gasteiger partial charge in [0.05, 0.1) is 6.54 Å². The van der Waals surface area contributed by atoms with Crippen molar-refractivity contribution in [2.45, 2.75) is 44.2 Å². The lowest BCUT2D eigenvalue weighted by Crippen LogP contribution is -2.23. The van der Waals surface area contributed by atoms with Gasteiger partial charge in [-0.15, -0.1) is 0 Å². The van der Waals surface area contributed by atoms with Crippen molar-refractivity contribution in [2.24, 2.45) is 5.92 Å². The van der Waals surface area contributed by atoms with E-state index in [2.05, 4.69) is 27.6 Å². The van der Waals surface area contributed by atoms with Crippen molar-refractivity contribution < 1.29 is 4.52 Å². The number of nitrogens with zero attached hydrogens (tertiary/aromatic N) is 2. The molecule has 0 saturated heterocycles. The van der Waals surface area contributed by atoms with Gasteiger partial charge in [-0.1, -0.05) is 28.9 Å². The predicted molar refractivity (Wildman–Crippen MR) is 80.0 cm³/mol. The van der Waals surface area contributed by atoms with Gasteiger partial charge in [-0.2, -0.15) is 4.98 Å². The molecule has 5 heteroatoms. The lowest BCUT2D eigenvalue weighted by atomic mass is 10.0. The molecule has 4 rings (SSSR count). The lowest BCUT2D eigenvalue weighted by Gasteiger charge is -2.17. The van der Waals surface area contributed by atoms with Gasteiger partial charge >= 0.3 is 0 Å². The third kappa shape index (κ3) is 3.11. The van der Waals surface area contributed by atoms with Crippen molar-refractivity contribution in [2.75, 3.05) is 0 Å². The van der Waals surface area contributed by atoms with Crippen LogP contribution in [-0.4, -0.2) is 10.1 Å². The van der Waals surface area contributed by atoms with E-state index in [9.17, 15) is 0 Å². The van der Waals surface area contributed by atoms with E-state index in [1.54, 1.807) is 0 Å². The molecule has 1 unspecified atom stereocenters. The molecule has 2 fully saturated rings. The Hall–Kier alpha value is -1.39. The Bertz CT molecular complexity index is 617. The molecule has 0 amide bonds. The number of halogens is 1. The molecule has 1 aromatic carbocycles. The topological polar surface area (TPSA) is 51.0 Å². The second kappa shape index (κ2) is 5.43. The van der Waals surface area contributed by atoms with E-state index in [1.807, 2.05) is 12.1 Å². The van der Waals surface area contributed by atoms with Gasteiger partial charge in [-0.3, -0.25) is 0 Å². The quantitative estimate of drug-likeness (QED) is 0.881. The zero-order chi connectivity index (χ0) is 14.2. The summed E-state index contributed by atoms with van der Waals surface area (Å²) in [7, 11) is 0. The Labute approximate surface area is 128 Å². The van der Waals surface area contributed by atoms with Crippen LogP contribution in [0.5, 0.6) is 0 Å². The van der Waals surface area contributed by atoms with Crippen LogP contribution in [0.25, 0.3) is 0 Å². The molecule has 110 valence electrons. The maximum atomic E-state index is 5.97. The average molecular weight is 304 g/mol. The van der Waals surface area contributed by atoms with Crippen LogP contribution in [0.4, 0.5) is 0 Å². The summed E-state index contributed by atoms with van der Waals surface area (Å²) in [5, 5.41) is 8.42. The summed E-state index contributed by atoms with van der Waals surface area (Å²) in [6.45, 7) is 0.653. The van der Waals surface area contributed by atoms with Gasteiger partial charge in [0.25, 0.3) is 0 Å². The van der Waals surface area contributed by atoms with Gasteiger partial charge in [0, 0.05) is 17.0 Å². The van der Waals surface area contributed by atoms with Crippen molar-refractivity contribution in [3.63, 3.8) is 0 Å². The first-order valence-corrected chi connectivity index (χ1v) is 7.99. The summed E-state index contributed by atoms with van der Waals surface area (Å²) >= 11 is 5.97. The molecular formula is C16H18ClN3O. The van der Waals surface area contributed by atoms with Crippen LogP contribution in [0.1, 0.15) is 54.9 Å². The fourth-order valence-corrected chi connectivity index (χ4v) is 2.82. The normalized spacial score (nSPS) is 19.7. The number of hydrogen-bond acceptors (Lipinski definition) is 4. The third-order valence-electron chi connectivity index (χ3n) is 4.21. The highest BCUT2D eigenvalue weighted by molar-refractivity contribution is 6.30. The van der Waals surface area contributed by atoms with Crippen LogP contribution in [0.2, 0.25) is 5.02 Å². The van der Waals surface area contributed by atoms with Gasteiger partial charge in [-0.25, -0.2) is 0 Å². The fraction of sp³-hybridized carbons (Fsp3) is 0.500. The van der Waals surface area contributed by atoms with Crippen LogP contribution < -0.4 is 5.32 Å². The summed E-state index contributed by atoms with van der Waals surface area (Å²) in [4.78, 5) is 4.47. The monoisotopic (exact) mass is 303 g/mol. The van der Waals surface area contributed by atoms with E-state index < -0.39 is 0 Å². The molecule has 2 aliphatic rings. The van der Waals surface area contributed by atoms with Gasteiger partial charge < -0.3 is 9.84 Å². The van der Waals surface area contributed by atoms with E-state index in [4.69, 9.17) is 16.1 Å². The van der Waals surface area contributed by atoms with E-state index in [0.29, 0.717) is 24.4 Å². The first-order chi connectivity index (χ1) is 10.3. The van der Waals surface area contributed by atoms with Crippen molar-refractivity contribution in [3.8, 4) is 0 Å². The molecule has 21 heavy (non-hydrogen) atoms. The van der Waals surface area contributed by atoms with E-state index in [1.165, 1.54) is 31.2 Å². The van der Waals surface area contributed by atoms with E-state index in [-0.39, 0.29) is 0 Å². The van der Waals surface area contributed by atoms with E-state index >= 15 is 0 Å². The highest BCUT2D eigenvalue weighted by Crippen LogP contribution is 2.41. The largest absolute Gasteiger partial charge is 0.339 e. The standard InChI is InChI=1S/C16H18ClN3O/c17-13-7-5-11(6-8-13)15(10-1-2-10)18-9-14-19-16(21-20-14)12-3-4-12/h5-8,10,12,15,18H,1-4,9H2. The third-order valence-corrected chi connectivity index (χ3v) is 4.46. The number of rotatable bonds is 6. The minimum absolute atomic E-state index is 0.352. The van der Waals surface area contributed by atoms with Crippen LogP contribution in [0.3, 0.4) is 0 Å². The lowest BCUT2D eigenvalue weighted by molar-refractivity contribution is 0.369. The summed E-state index contributed by atoms with van der Waals surface area (Å²) < 4.78 is 5.30. The summed E-state index contributed by atoms with van der Waals surface area (Å²) in [5.41, 5.74) is 1.29. The van der Waals surface area contributed by atoms with Gasteiger partial charge in [-0.05, 0) is 49.3 Å². The number of benzene rings is 1. The van der Waals surface area contributed by atoms with Gasteiger partial charge in [0.2, 0.25) is 5.89 Å². The zero-order valence-electron chi connectivity index (χ0n) is 11.8. The minimum atomic E-state index is 0.352. The zero-order valence-corrected chi connectivity index (χ0v) is 12.5. The second-order valence-corrected chi connectivity index (χ2v) is 6.51. The summed E-state index contributed by atoms with van der Waals surface area (Å²) in [5.74, 6) is 2.79. The van der Waals surface area contributed by atoms with Crippen LogP contribution in [-0.2, 0) is 6.54 Å². The Morgan fingerprint density at radius 2 is 1.95 bits per heavy atom. The molecular weight excluding hydrogens is 286 g/mol. The number of aromatic nitrogens is 2. The van der Waals surface area contributed by atoms with Crippen LogP contribution in [0, 0.1) is 5.92 Å². The first kappa shape index (κ1) is 13.3. The molecule has 2 saturated carbocycles. The minimum Gasteiger partial charge on any atom is -0.339 e. The Morgan fingerprint density at radius 1 is 1.19 bits per heavy atom. The van der Waals surface area contributed by atoms with Crippen molar-refractivity contribution in [1.82, 2.24) is 15.5 Å². The highest BCUT2D eigenvalue weighted by atomic mass is 35.5. The SMILES string of the molecule is Clc1ccc(C(NCc2noc(C3CC3)n2)C2CC2)cc1. The summed E-state index contributed by atoms with van der Waals surface area (Å²) in [6, 6.07) is 8.46. The summed E-state index contributed by atoms with van der Waals surface area (Å²) in [6.07, 6.45) is 4.93. The molecule has 0 radical (unpaired) electrons. The fourth-order valence-electron chi connectivity index (χ4n) is 2.69. The molecule has 2 aliphatic carbocycles. The molecule has 4 nitrogen and oxygen atoms in total. The Balaban J connectivity index is 1.43. The van der Waals surface area contributed by atoms with Crippen molar-refractivity contribution in [3.05, 3.63) is 46.6 Å². The van der Waals surface area contributed by atoms with Gasteiger partial charge in [0.15, 0.2) is 5.82 Å². The predicted octanol–water partition coefficient (Wildman–Crippen LogP) is 3.84. The first-order valence-electron chi connectivity index (χ1n) is 7.61. The van der Waals surface area contributed by atoms with Gasteiger partial charge in [0.1, 0.15) is 0 Å². The molecule has 0 bridgehead atoms. The van der Waals surface area contributed by atoms with Crippen molar-refractivity contribution in [1.29, 1.82) is 0 Å². The van der Waals surface area contributed by atoms with Crippen LogP contribution >= 0.6 is 11.6 Å². The maximum Gasteiger partial charge on any atom is 0.229 e. The number of hydrogen-bond donors (Lipinski definition) is 1. The molecule has 2 aromatic rings. The highest BCUT2D eigenvalue weighted by Gasteiger charge is 2.33. The van der Waals surface area contributed by atoms with E-state index in [0.717, 1.165) is 16.7 Å².